The highest BCUT2D eigenvalue weighted by Crippen LogP contribution is 2.33. The van der Waals surface area contributed by atoms with E-state index >= 15 is 0 Å². The van der Waals surface area contributed by atoms with Gasteiger partial charge >= 0.3 is 0 Å². The van der Waals surface area contributed by atoms with Gasteiger partial charge < -0.3 is 10.6 Å². The van der Waals surface area contributed by atoms with Crippen molar-refractivity contribution in [3.05, 3.63) is 69.1 Å². The molecule has 4 rings (SSSR count). The number of carbonyl (C=O) groups excluding carboxylic acids is 1. The monoisotopic (exact) mass is 512 g/mol. The number of anilines is 3. The van der Waals surface area contributed by atoms with Gasteiger partial charge in [0.2, 0.25) is 11.0 Å². The van der Waals surface area contributed by atoms with Crippen molar-refractivity contribution in [2.45, 2.75) is 30.4 Å². The van der Waals surface area contributed by atoms with Gasteiger partial charge in [-0.3, -0.25) is 14.9 Å². The number of nitro benzene ring substituents is 1. The predicted molar refractivity (Wildman–Crippen MR) is 137 cm³/mol. The van der Waals surface area contributed by atoms with Crippen molar-refractivity contribution >= 4 is 62.0 Å². The van der Waals surface area contributed by atoms with Crippen molar-refractivity contribution < 1.29 is 9.72 Å². The number of aromatic nitrogens is 3. The summed E-state index contributed by atoms with van der Waals surface area (Å²) in [4.78, 5) is 27.6. The van der Waals surface area contributed by atoms with E-state index in [9.17, 15) is 14.9 Å². The van der Waals surface area contributed by atoms with Gasteiger partial charge in [0.15, 0.2) is 9.47 Å². The molecule has 4 aromatic rings. The Morgan fingerprint density at radius 2 is 1.94 bits per heavy atom. The maximum Gasteiger partial charge on any atom is 0.270 e. The zero-order valence-corrected chi connectivity index (χ0v) is 20.9. The van der Waals surface area contributed by atoms with E-state index in [0.29, 0.717) is 25.9 Å². The third-order valence-electron chi connectivity index (χ3n) is 4.99. The molecule has 0 bridgehead atoms. The van der Waals surface area contributed by atoms with Gasteiger partial charge in [0.25, 0.3) is 5.69 Å². The molecule has 0 saturated carbocycles. The topological polar surface area (TPSA) is 123 Å². The summed E-state index contributed by atoms with van der Waals surface area (Å²) < 4.78 is 0.673. The SMILES string of the molecule is Cc1cccc(Nc2nnc(S[C@@H](C)C(=O)Nc3nc(-c4cccc([N+](=O)[O-])c4)cs3)s2)c1C. The molecule has 0 spiro atoms. The Hall–Kier alpha value is -3.35. The van der Waals surface area contributed by atoms with Gasteiger partial charge in [0.05, 0.1) is 15.9 Å². The number of non-ortho nitro benzene ring substituents is 1. The number of nitrogens with zero attached hydrogens (tertiary/aromatic N) is 4. The molecule has 0 aliphatic rings. The van der Waals surface area contributed by atoms with E-state index in [4.69, 9.17) is 0 Å². The lowest BCUT2D eigenvalue weighted by molar-refractivity contribution is -0.384. The summed E-state index contributed by atoms with van der Waals surface area (Å²) in [5.74, 6) is -0.218. The zero-order valence-electron chi connectivity index (χ0n) is 18.4. The minimum absolute atomic E-state index is 0.00964. The number of nitrogens with one attached hydrogen (secondary N) is 2. The molecule has 174 valence electrons. The molecule has 2 aromatic carbocycles. The van der Waals surface area contributed by atoms with Crippen LogP contribution in [-0.2, 0) is 4.79 Å². The van der Waals surface area contributed by atoms with Crippen LogP contribution in [0.2, 0.25) is 0 Å². The first-order valence-corrected chi connectivity index (χ1v) is 12.7. The van der Waals surface area contributed by atoms with Crippen LogP contribution in [0, 0.1) is 24.0 Å². The molecule has 34 heavy (non-hydrogen) atoms. The van der Waals surface area contributed by atoms with Crippen LogP contribution in [-0.4, -0.2) is 31.3 Å². The number of hydrogen-bond acceptors (Lipinski definition) is 10. The minimum atomic E-state index is -0.450. The maximum atomic E-state index is 12.7. The number of thioether (sulfide) groups is 1. The fourth-order valence-electron chi connectivity index (χ4n) is 2.96. The number of benzene rings is 2. The summed E-state index contributed by atoms with van der Waals surface area (Å²) in [5.41, 5.74) is 4.48. The molecule has 0 saturated heterocycles. The summed E-state index contributed by atoms with van der Waals surface area (Å²) in [6.45, 7) is 5.88. The van der Waals surface area contributed by atoms with Crippen LogP contribution >= 0.6 is 34.4 Å². The molecular formula is C22H20N6O3S3. The zero-order chi connectivity index (χ0) is 24.2. The van der Waals surface area contributed by atoms with Gasteiger partial charge in [0, 0.05) is 28.8 Å². The first kappa shape index (κ1) is 23.8. The third kappa shape index (κ3) is 5.58. The Balaban J connectivity index is 1.36. The summed E-state index contributed by atoms with van der Waals surface area (Å²) >= 11 is 3.95. The number of hydrogen-bond donors (Lipinski definition) is 2. The van der Waals surface area contributed by atoms with Gasteiger partial charge in [-0.05, 0) is 38.0 Å². The van der Waals surface area contributed by atoms with E-state index in [1.54, 1.807) is 24.4 Å². The molecule has 2 heterocycles. The van der Waals surface area contributed by atoms with Crippen molar-refractivity contribution in [2.75, 3.05) is 10.6 Å². The molecule has 0 radical (unpaired) electrons. The standard InChI is InChI=1S/C22H20N6O3S3/c1-12-6-4-9-17(13(12)2)23-21-26-27-22(34-21)33-14(3)19(29)25-20-24-18(11-32-20)15-7-5-8-16(10-15)28(30)31/h4-11,14H,1-3H3,(H,23,26)(H,24,25,29)/t14-/m0/s1. The third-order valence-corrected chi connectivity index (χ3v) is 7.77. The van der Waals surface area contributed by atoms with E-state index < -0.39 is 10.2 Å². The number of carbonyl (C=O) groups is 1. The Bertz CT molecular complexity index is 1350. The van der Waals surface area contributed by atoms with Crippen molar-refractivity contribution in [3.63, 3.8) is 0 Å². The molecule has 9 nitrogen and oxygen atoms in total. The second-order valence-electron chi connectivity index (χ2n) is 7.34. The number of amides is 1. The lowest BCUT2D eigenvalue weighted by Gasteiger charge is -2.08. The van der Waals surface area contributed by atoms with Crippen LogP contribution < -0.4 is 10.6 Å². The lowest BCUT2D eigenvalue weighted by atomic mass is 10.1. The Morgan fingerprint density at radius 1 is 1.15 bits per heavy atom. The average molecular weight is 513 g/mol. The summed E-state index contributed by atoms with van der Waals surface area (Å²) in [5, 5.41) is 27.9. The fourth-order valence-corrected chi connectivity index (χ4v) is 5.59. The molecule has 0 unspecified atom stereocenters. The van der Waals surface area contributed by atoms with Crippen LogP contribution in [0.25, 0.3) is 11.3 Å². The highest BCUT2D eigenvalue weighted by atomic mass is 32.2. The largest absolute Gasteiger partial charge is 0.330 e. The maximum absolute atomic E-state index is 12.7. The second kappa shape index (κ2) is 10.3. The predicted octanol–water partition coefficient (Wildman–Crippen LogP) is 6.05. The van der Waals surface area contributed by atoms with E-state index in [1.807, 2.05) is 19.1 Å². The van der Waals surface area contributed by atoms with Crippen molar-refractivity contribution in [1.82, 2.24) is 15.2 Å². The number of rotatable bonds is 8. The molecular weight excluding hydrogens is 492 g/mol. The van der Waals surface area contributed by atoms with Gasteiger partial charge in [-0.15, -0.1) is 21.5 Å². The Morgan fingerprint density at radius 3 is 2.74 bits per heavy atom. The van der Waals surface area contributed by atoms with Crippen molar-refractivity contribution in [3.8, 4) is 11.3 Å². The van der Waals surface area contributed by atoms with Crippen LogP contribution in [0.15, 0.2) is 52.2 Å². The molecule has 1 atom stereocenters. The van der Waals surface area contributed by atoms with Gasteiger partial charge in [-0.2, -0.15) is 0 Å². The number of aryl methyl sites for hydroxylation is 1. The van der Waals surface area contributed by atoms with E-state index in [-0.39, 0.29) is 11.6 Å². The van der Waals surface area contributed by atoms with Crippen LogP contribution in [0.5, 0.6) is 0 Å². The molecule has 1 amide bonds. The van der Waals surface area contributed by atoms with Gasteiger partial charge in [-0.25, -0.2) is 4.98 Å². The van der Waals surface area contributed by atoms with Crippen molar-refractivity contribution in [1.29, 1.82) is 0 Å². The first-order valence-electron chi connectivity index (χ1n) is 10.1. The quantitative estimate of drug-likeness (QED) is 0.166. The molecule has 2 N–H and O–H groups in total. The summed E-state index contributed by atoms with van der Waals surface area (Å²) in [7, 11) is 0. The number of nitro groups is 1. The van der Waals surface area contributed by atoms with Crippen LogP contribution in [0.4, 0.5) is 21.6 Å². The summed E-state index contributed by atoms with van der Waals surface area (Å²) in [6.07, 6.45) is 0. The van der Waals surface area contributed by atoms with Gasteiger partial charge in [-0.1, -0.05) is 47.4 Å². The smallest absolute Gasteiger partial charge is 0.270 e. The highest BCUT2D eigenvalue weighted by Gasteiger charge is 2.19. The molecule has 2 aromatic heterocycles. The highest BCUT2D eigenvalue weighted by molar-refractivity contribution is 8.02. The normalized spacial score (nSPS) is 11.7. The molecule has 0 aliphatic heterocycles. The molecule has 0 aliphatic carbocycles. The van der Waals surface area contributed by atoms with Crippen LogP contribution in [0.3, 0.4) is 0 Å². The van der Waals surface area contributed by atoms with E-state index in [1.165, 1.54) is 52.1 Å². The Labute approximate surface area is 207 Å². The minimum Gasteiger partial charge on any atom is -0.330 e. The second-order valence-corrected chi connectivity index (χ2v) is 10.8. The van der Waals surface area contributed by atoms with Crippen molar-refractivity contribution in [2.24, 2.45) is 0 Å². The average Bonchev–Trinajstić information content (AvgIpc) is 3.46. The van der Waals surface area contributed by atoms with E-state index in [0.717, 1.165) is 11.3 Å². The summed E-state index contributed by atoms with van der Waals surface area (Å²) in [6, 6.07) is 12.3. The van der Waals surface area contributed by atoms with E-state index in [2.05, 4.69) is 38.8 Å². The molecule has 0 fully saturated rings. The Kier molecular flexibility index (Phi) is 7.20. The number of thiazole rings is 1. The molecule has 12 heteroatoms. The first-order chi connectivity index (χ1) is 16.3. The lowest BCUT2D eigenvalue weighted by Crippen LogP contribution is -2.22. The van der Waals surface area contributed by atoms with Gasteiger partial charge in [0.1, 0.15) is 0 Å². The van der Waals surface area contributed by atoms with Crippen LogP contribution in [0.1, 0.15) is 18.1 Å². The fraction of sp³-hybridized carbons (Fsp3) is 0.182.